The molecule has 0 saturated carbocycles. The number of rotatable bonds is 3. The molecule has 0 unspecified atom stereocenters. The summed E-state index contributed by atoms with van der Waals surface area (Å²) in [6.07, 6.45) is 3.54. The number of ether oxygens (including phenoxy) is 1. The first kappa shape index (κ1) is 11.9. The molecule has 0 aliphatic rings. The molecule has 4 nitrogen and oxygen atoms in total. The van der Waals surface area contributed by atoms with E-state index in [0.717, 1.165) is 11.3 Å². The van der Waals surface area contributed by atoms with Gasteiger partial charge in [-0.2, -0.15) is 0 Å². The number of phenols is 1. The van der Waals surface area contributed by atoms with Crippen LogP contribution in [0.2, 0.25) is 5.02 Å². The van der Waals surface area contributed by atoms with Crippen LogP contribution < -0.4 is 4.74 Å². The van der Waals surface area contributed by atoms with E-state index in [2.05, 4.69) is 4.98 Å². The summed E-state index contributed by atoms with van der Waals surface area (Å²) in [6.45, 7) is 0.352. The van der Waals surface area contributed by atoms with Crippen molar-refractivity contribution in [1.29, 1.82) is 0 Å². The molecule has 0 saturated heterocycles. The van der Waals surface area contributed by atoms with Gasteiger partial charge in [-0.25, -0.2) is 4.98 Å². The number of aromatic nitrogens is 2. The summed E-state index contributed by atoms with van der Waals surface area (Å²) in [4.78, 5) is 4.26. The summed E-state index contributed by atoms with van der Waals surface area (Å²) >= 11 is 5.96. The molecule has 0 atom stereocenters. The second-order valence-electron chi connectivity index (χ2n) is 4.11. The fraction of sp³-hybridized carbons (Fsp3) is 0.0714. The Labute approximate surface area is 114 Å². The Hall–Kier alpha value is -2.20. The second kappa shape index (κ2) is 4.82. The number of aromatic hydroxyl groups is 1. The third-order valence-corrected chi connectivity index (χ3v) is 2.97. The first-order chi connectivity index (χ1) is 9.22. The highest BCUT2D eigenvalue weighted by molar-refractivity contribution is 6.30. The van der Waals surface area contributed by atoms with Crippen LogP contribution in [0, 0.1) is 0 Å². The smallest absolute Gasteiger partial charge is 0.137 e. The van der Waals surface area contributed by atoms with Crippen molar-refractivity contribution in [3.8, 4) is 11.5 Å². The van der Waals surface area contributed by atoms with Crippen molar-refractivity contribution in [3.05, 3.63) is 59.5 Å². The van der Waals surface area contributed by atoms with Gasteiger partial charge in [0.2, 0.25) is 0 Å². The Morgan fingerprint density at radius 3 is 3.00 bits per heavy atom. The largest absolute Gasteiger partial charge is 0.508 e. The molecule has 0 fully saturated rings. The monoisotopic (exact) mass is 274 g/mol. The summed E-state index contributed by atoms with van der Waals surface area (Å²) in [5.74, 6) is 0.788. The molecule has 19 heavy (non-hydrogen) atoms. The van der Waals surface area contributed by atoms with Crippen LogP contribution in [0.15, 0.2) is 48.8 Å². The molecule has 0 amide bonds. The molecular formula is C14H11ClN2O2. The summed E-state index contributed by atoms with van der Waals surface area (Å²) in [5, 5.41) is 10.0. The normalized spacial score (nSPS) is 10.8. The molecule has 0 aliphatic carbocycles. The third kappa shape index (κ3) is 2.48. The molecule has 96 valence electrons. The van der Waals surface area contributed by atoms with Crippen molar-refractivity contribution in [2.75, 3.05) is 0 Å². The van der Waals surface area contributed by atoms with Crippen LogP contribution in [0.3, 0.4) is 0 Å². The number of pyridine rings is 1. The van der Waals surface area contributed by atoms with Crippen molar-refractivity contribution < 1.29 is 9.84 Å². The molecule has 1 aromatic carbocycles. The van der Waals surface area contributed by atoms with Gasteiger partial charge in [-0.15, -0.1) is 0 Å². The maximum Gasteiger partial charge on any atom is 0.137 e. The van der Waals surface area contributed by atoms with Gasteiger partial charge >= 0.3 is 0 Å². The van der Waals surface area contributed by atoms with Crippen LogP contribution in [0.4, 0.5) is 0 Å². The number of phenolic OH excluding ortho intramolecular Hbond substituents is 1. The highest BCUT2D eigenvalue weighted by atomic mass is 35.5. The molecule has 3 rings (SSSR count). The minimum Gasteiger partial charge on any atom is -0.508 e. The van der Waals surface area contributed by atoms with Crippen molar-refractivity contribution >= 4 is 17.2 Å². The summed E-state index contributed by atoms with van der Waals surface area (Å²) in [7, 11) is 0. The predicted octanol–water partition coefficient (Wildman–Crippen LogP) is 3.27. The zero-order valence-corrected chi connectivity index (χ0v) is 10.7. The van der Waals surface area contributed by atoms with Gasteiger partial charge in [-0.3, -0.25) is 4.40 Å². The van der Waals surface area contributed by atoms with E-state index in [1.807, 2.05) is 10.5 Å². The predicted molar refractivity (Wildman–Crippen MR) is 72.6 cm³/mol. The molecule has 1 N–H and O–H groups in total. The average molecular weight is 275 g/mol. The highest BCUT2D eigenvalue weighted by Gasteiger charge is 2.05. The van der Waals surface area contributed by atoms with Crippen LogP contribution in [-0.2, 0) is 6.61 Å². The van der Waals surface area contributed by atoms with E-state index < -0.39 is 0 Å². The van der Waals surface area contributed by atoms with Crippen LogP contribution in [-0.4, -0.2) is 14.5 Å². The van der Waals surface area contributed by atoms with E-state index in [-0.39, 0.29) is 5.75 Å². The van der Waals surface area contributed by atoms with Gasteiger partial charge in [-0.1, -0.05) is 17.7 Å². The van der Waals surface area contributed by atoms with E-state index in [4.69, 9.17) is 16.3 Å². The van der Waals surface area contributed by atoms with Crippen molar-refractivity contribution in [2.45, 2.75) is 6.61 Å². The fourth-order valence-corrected chi connectivity index (χ4v) is 2.00. The molecule has 0 spiro atoms. The van der Waals surface area contributed by atoms with Gasteiger partial charge in [0.15, 0.2) is 0 Å². The highest BCUT2D eigenvalue weighted by Crippen LogP contribution is 2.19. The first-order valence-corrected chi connectivity index (χ1v) is 6.13. The Morgan fingerprint density at radius 1 is 1.26 bits per heavy atom. The van der Waals surface area contributed by atoms with Gasteiger partial charge in [0.05, 0.1) is 16.9 Å². The van der Waals surface area contributed by atoms with E-state index in [1.165, 1.54) is 0 Å². The minimum atomic E-state index is 0.179. The van der Waals surface area contributed by atoms with Gasteiger partial charge in [-0.05, 0) is 24.3 Å². The number of nitrogens with zero attached hydrogens (tertiary/aromatic N) is 2. The third-order valence-electron chi connectivity index (χ3n) is 2.75. The molecule has 3 aromatic rings. The van der Waals surface area contributed by atoms with Crippen molar-refractivity contribution in [3.63, 3.8) is 0 Å². The first-order valence-electron chi connectivity index (χ1n) is 5.76. The molecule has 0 aliphatic heterocycles. The topological polar surface area (TPSA) is 46.8 Å². The summed E-state index contributed by atoms with van der Waals surface area (Å²) in [5.41, 5.74) is 1.71. The number of hydrogen-bond donors (Lipinski definition) is 1. The fourth-order valence-electron chi connectivity index (χ4n) is 1.84. The van der Waals surface area contributed by atoms with Crippen LogP contribution in [0.1, 0.15) is 5.69 Å². The molecule has 0 bridgehead atoms. The SMILES string of the molecule is Oc1cccc(OCc2cnc3ccc(Cl)cn23)c1. The zero-order valence-electron chi connectivity index (χ0n) is 9.95. The minimum absolute atomic E-state index is 0.179. The van der Waals surface area contributed by atoms with E-state index in [1.54, 1.807) is 42.7 Å². The molecule has 2 heterocycles. The molecule has 0 radical (unpaired) electrons. The summed E-state index contributed by atoms with van der Waals surface area (Å²) < 4.78 is 7.50. The second-order valence-corrected chi connectivity index (χ2v) is 4.55. The number of halogens is 1. The maximum absolute atomic E-state index is 9.36. The Morgan fingerprint density at radius 2 is 2.16 bits per heavy atom. The Bertz CT molecular complexity index is 724. The Kier molecular flexibility index (Phi) is 3.01. The lowest BCUT2D eigenvalue weighted by Crippen LogP contribution is -1.99. The quantitative estimate of drug-likeness (QED) is 0.797. The maximum atomic E-state index is 9.36. The van der Waals surface area contributed by atoms with Gasteiger partial charge in [0.25, 0.3) is 0 Å². The summed E-state index contributed by atoms with van der Waals surface area (Å²) in [6, 6.07) is 10.3. The Balaban J connectivity index is 1.84. The lowest BCUT2D eigenvalue weighted by atomic mass is 10.3. The lowest BCUT2D eigenvalue weighted by molar-refractivity contribution is 0.298. The van der Waals surface area contributed by atoms with Crippen LogP contribution in [0.25, 0.3) is 5.65 Å². The average Bonchev–Trinajstić information content (AvgIpc) is 2.79. The van der Waals surface area contributed by atoms with E-state index in [9.17, 15) is 5.11 Å². The zero-order chi connectivity index (χ0) is 13.2. The number of benzene rings is 1. The van der Waals surface area contributed by atoms with Crippen molar-refractivity contribution in [2.24, 2.45) is 0 Å². The van der Waals surface area contributed by atoms with Crippen LogP contribution >= 0.6 is 11.6 Å². The van der Waals surface area contributed by atoms with E-state index >= 15 is 0 Å². The van der Waals surface area contributed by atoms with Crippen LogP contribution in [0.5, 0.6) is 11.5 Å². The standard InChI is InChI=1S/C14H11ClN2O2/c15-10-4-5-14-16-7-11(17(14)8-10)9-19-13-3-1-2-12(18)6-13/h1-8,18H,9H2. The number of fused-ring (bicyclic) bond motifs is 1. The number of imidazole rings is 1. The number of hydrogen-bond acceptors (Lipinski definition) is 3. The van der Waals surface area contributed by atoms with Gasteiger partial charge in [0, 0.05) is 12.3 Å². The molecule has 2 aromatic heterocycles. The van der Waals surface area contributed by atoms with Gasteiger partial charge < -0.3 is 9.84 Å². The van der Waals surface area contributed by atoms with Crippen molar-refractivity contribution in [1.82, 2.24) is 9.38 Å². The molecular weight excluding hydrogens is 264 g/mol. The van der Waals surface area contributed by atoms with E-state index in [0.29, 0.717) is 17.4 Å². The lowest BCUT2D eigenvalue weighted by Gasteiger charge is -2.06. The molecule has 5 heteroatoms. The van der Waals surface area contributed by atoms with Gasteiger partial charge in [0.1, 0.15) is 23.8 Å².